The van der Waals surface area contributed by atoms with Gasteiger partial charge in [0.05, 0.1) is 26.9 Å². The molecule has 5 rings (SSSR count). The summed E-state index contributed by atoms with van der Waals surface area (Å²) in [6, 6.07) is 12.5. The third-order valence-electron chi connectivity index (χ3n) is 5.57. The van der Waals surface area contributed by atoms with Gasteiger partial charge in [-0.2, -0.15) is 0 Å². The number of benzene rings is 2. The Balaban J connectivity index is 1.71. The Morgan fingerprint density at radius 2 is 1.92 bits per heavy atom. The van der Waals surface area contributed by atoms with E-state index in [0.717, 1.165) is 26.7 Å². The lowest BCUT2D eigenvalue weighted by Gasteiger charge is -2.44. The van der Waals surface area contributed by atoms with E-state index >= 15 is 0 Å². The van der Waals surface area contributed by atoms with Crippen molar-refractivity contribution in [2.24, 2.45) is 4.99 Å². The zero-order valence-corrected chi connectivity index (χ0v) is 15.5. The minimum absolute atomic E-state index is 0.224. The van der Waals surface area contributed by atoms with Crippen molar-refractivity contribution >= 4 is 39.1 Å². The lowest BCUT2D eigenvalue weighted by atomic mass is 9.77. The number of thiazole rings is 1. The number of hydrogen-bond donors (Lipinski definition) is 0. The zero-order valence-electron chi connectivity index (χ0n) is 14.7. The first kappa shape index (κ1) is 14.9. The van der Waals surface area contributed by atoms with Crippen LogP contribution >= 0.6 is 11.3 Å². The average Bonchev–Trinajstić information content (AvgIpc) is 3.06. The third kappa shape index (κ3) is 1.71. The maximum absolute atomic E-state index is 6.66. The first-order valence-electron chi connectivity index (χ1n) is 8.42. The van der Waals surface area contributed by atoms with Crippen LogP contribution < -0.4 is 9.64 Å². The highest BCUT2D eigenvalue weighted by Gasteiger charge is 2.58. The minimum Gasteiger partial charge on any atom is -0.459 e. The Morgan fingerprint density at radius 1 is 1.12 bits per heavy atom. The van der Waals surface area contributed by atoms with Crippen LogP contribution in [0.2, 0.25) is 0 Å². The van der Waals surface area contributed by atoms with Crippen molar-refractivity contribution < 1.29 is 4.74 Å². The summed E-state index contributed by atoms with van der Waals surface area (Å²) in [4.78, 5) is 11.6. The van der Waals surface area contributed by atoms with E-state index in [9.17, 15) is 0 Å². The highest BCUT2D eigenvalue weighted by atomic mass is 32.1. The third-order valence-corrected chi connectivity index (χ3v) is 6.56. The predicted octanol–water partition coefficient (Wildman–Crippen LogP) is 4.82. The number of anilines is 1. The van der Waals surface area contributed by atoms with Crippen molar-refractivity contribution in [3.05, 3.63) is 47.0 Å². The fourth-order valence-corrected chi connectivity index (χ4v) is 5.06. The Bertz CT molecular complexity index is 1050. The Morgan fingerprint density at radius 3 is 2.72 bits per heavy atom. The number of hydrogen-bond acceptors (Lipinski definition) is 5. The summed E-state index contributed by atoms with van der Waals surface area (Å²) in [7, 11) is 2.08. The first-order valence-corrected chi connectivity index (χ1v) is 9.23. The lowest BCUT2D eigenvalue weighted by Crippen LogP contribution is -2.61. The van der Waals surface area contributed by atoms with Gasteiger partial charge in [0.25, 0.3) is 0 Å². The SMILES string of the molecule is Cc1nc2ccc3c(c2s1)N=CC1(O3)N(C)c2ccccc2C1(C)C. The molecule has 0 radical (unpaired) electrons. The van der Waals surface area contributed by atoms with Gasteiger partial charge in [-0.1, -0.05) is 18.2 Å². The largest absolute Gasteiger partial charge is 0.459 e. The molecule has 1 atom stereocenters. The maximum Gasteiger partial charge on any atom is 0.228 e. The van der Waals surface area contributed by atoms with Crippen LogP contribution in [-0.2, 0) is 5.41 Å². The monoisotopic (exact) mass is 349 g/mol. The molecule has 1 spiro atoms. The molecule has 0 bridgehead atoms. The molecule has 3 heterocycles. The van der Waals surface area contributed by atoms with E-state index in [2.05, 4.69) is 55.0 Å². The summed E-state index contributed by atoms with van der Waals surface area (Å²) in [5, 5.41) is 1.05. The molecule has 2 aliphatic rings. The van der Waals surface area contributed by atoms with Crippen molar-refractivity contribution in [1.82, 2.24) is 4.98 Å². The highest BCUT2D eigenvalue weighted by Crippen LogP contribution is 2.54. The number of nitrogens with zero attached hydrogens (tertiary/aromatic N) is 3. The normalized spacial score (nSPS) is 23.0. The zero-order chi connectivity index (χ0) is 17.4. The molecule has 1 aromatic heterocycles. The van der Waals surface area contributed by atoms with Gasteiger partial charge < -0.3 is 9.64 Å². The number of para-hydroxylation sites is 1. The van der Waals surface area contributed by atoms with E-state index in [0.29, 0.717) is 0 Å². The fraction of sp³-hybridized carbons (Fsp3) is 0.300. The van der Waals surface area contributed by atoms with E-state index in [1.165, 1.54) is 11.3 Å². The number of fused-ring (bicyclic) bond motifs is 4. The van der Waals surface area contributed by atoms with Crippen LogP contribution in [0, 0.1) is 6.92 Å². The van der Waals surface area contributed by atoms with Crippen LogP contribution in [0.4, 0.5) is 11.4 Å². The Labute approximate surface area is 150 Å². The summed E-state index contributed by atoms with van der Waals surface area (Å²) < 4.78 is 7.76. The van der Waals surface area contributed by atoms with Crippen molar-refractivity contribution in [3.8, 4) is 5.75 Å². The molecule has 0 amide bonds. The van der Waals surface area contributed by atoms with Gasteiger partial charge in [-0.05, 0) is 44.5 Å². The Hall–Kier alpha value is -2.40. The molecule has 25 heavy (non-hydrogen) atoms. The van der Waals surface area contributed by atoms with Crippen LogP contribution in [0.1, 0.15) is 24.4 Å². The van der Waals surface area contributed by atoms with Gasteiger partial charge in [-0.25, -0.2) is 9.98 Å². The minimum atomic E-state index is -0.628. The van der Waals surface area contributed by atoms with E-state index < -0.39 is 5.72 Å². The van der Waals surface area contributed by atoms with E-state index in [-0.39, 0.29) is 5.41 Å². The van der Waals surface area contributed by atoms with E-state index in [4.69, 9.17) is 9.73 Å². The van der Waals surface area contributed by atoms with Crippen LogP contribution in [0.3, 0.4) is 0 Å². The standard InChI is InChI=1S/C20H19N3OS/c1-12-22-14-9-10-16-17(18(14)25-12)21-11-20(24-16)19(2,3)13-7-5-6-8-15(13)23(20)4/h5-11H,1-4H3. The molecular weight excluding hydrogens is 330 g/mol. The number of aromatic nitrogens is 1. The predicted molar refractivity (Wildman–Crippen MR) is 104 cm³/mol. The number of rotatable bonds is 0. The molecule has 3 aromatic rings. The number of aryl methyl sites for hydroxylation is 1. The molecule has 5 heteroatoms. The van der Waals surface area contributed by atoms with Crippen molar-refractivity contribution in [2.75, 3.05) is 11.9 Å². The first-order chi connectivity index (χ1) is 11.9. The van der Waals surface area contributed by atoms with Gasteiger partial charge in [0, 0.05) is 12.7 Å². The topological polar surface area (TPSA) is 37.7 Å². The quantitative estimate of drug-likeness (QED) is 0.584. The molecule has 4 nitrogen and oxygen atoms in total. The van der Waals surface area contributed by atoms with Gasteiger partial charge in [0.1, 0.15) is 11.4 Å². The molecule has 0 aliphatic carbocycles. The fourth-order valence-electron chi connectivity index (χ4n) is 4.15. The highest BCUT2D eigenvalue weighted by molar-refractivity contribution is 7.19. The van der Waals surface area contributed by atoms with Crippen molar-refractivity contribution in [2.45, 2.75) is 31.9 Å². The molecular formula is C20H19N3OS. The van der Waals surface area contributed by atoms with Crippen LogP contribution in [0.25, 0.3) is 10.2 Å². The molecule has 2 aromatic carbocycles. The van der Waals surface area contributed by atoms with Crippen molar-refractivity contribution in [1.29, 1.82) is 0 Å². The maximum atomic E-state index is 6.66. The average molecular weight is 349 g/mol. The summed E-state index contributed by atoms with van der Waals surface area (Å²) in [5.74, 6) is 0.825. The van der Waals surface area contributed by atoms with E-state index in [1.807, 2.05) is 25.3 Å². The van der Waals surface area contributed by atoms with Crippen LogP contribution in [-0.4, -0.2) is 24.0 Å². The molecule has 0 saturated heterocycles. The summed E-state index contributed by atoms with van der Waals surface area (Å²) in [6.45, 7) is 6.47. The van der Waals surface area contributed by atoms with Gasteiger partial charge in [-0.3, -0.25) is 0 Å². The van der Waals surface area contributed by atoms with Gasteiger partial charge in [-0.15, -0.1) is 11.3 Å². The molecule has 2 aliphatic heterocycles. The van der Waals surface area contributed by atoms with Gasteiger partial charge >= 0.3 is 0 Å². The molecule has 0 saturated carbocycles. The molecule has 126 valence electrons. The van der Waals surface area contributed by atoms with Gasteiger partial charge in [0.2, 0.25) is 5.72 Å². The van der Waals surface area contributed by atoms with Crippen LogP contribution in [0.5, 0.6) is 5.75 Å². The van der Waals surface area contributed by atoms with Crippen molar-refractivity contribution in [3.63, 3.8) is 0 Å². The number of likely N-dealkylation sites (N-methyl/N-ethyl adjacent to an activating group) is 1. The Kier molecular flexibility index (Phi) is 2.75. The summed E-state index contributed by atoms with van der Waals surface area (Å²) >= 11 is 1.67. The lowest BCUT2D eigenvalue weighted by molar-refractivity contribution is 0.0827. The smallest absolute Gasteiger partial charge is 0.228 e. The van der Waals surface area contributed by atoms with Crippen LogP contribution in [0.15, 0.2) is 41.4 Å². The number of ether oxygens (including phenoxy) is 1. The molecule has 0 fully saturated rings. The van der Waals surface area contributed by atoms with Gasteiger partial charge in [0.15, 0.2) is 0 Å². The molecule has 1 unspecified atom stereocenters. The van der Waals surface area contributed by atoms with E-state index in [1.54, 1.807) is 11.3 Å². The molecule has 0 N–H and O–H groups in total. The second kappa shape index (κ2) is 4.61. The second-order valence-corrected chi connectivity index (χ2v) is 8.45. The summed E-state index contributed by atoms with van der Waals surface area (Å²) in [5.41, 5.74) is 3.50. The second-order valence-electron chi connectivity index (χ2n) is 7.25. The number of aliphatic imine (C=N–C) groups is 1. The summed E-state index contributed by atoms with van der Waals surface area (Å²) in [6.07, 6.45) is 1.98.